The van der Waals surface area contributed by atoms with Gasteiger partial charge in [-0.25, -0.2) is 0 Å². The lowest BCUT2D eigenvalue weighted by Crippen LogP contribution is -2.28. The molecule has 2 aromatic rings. The Kier molecular flexibility index (Phi) is 3.48. The monoisotopic (exact) mass is 267 g/mol. The third kappa shape index (κ3) is 2.88. The summed E-state index contributed by atoms with van der Waals surface area (Å²) in [6.45, 7) is 0. The van der Waals surface area contributed by atoms with Crippen molar-refractivity contribution in [1.82, 2.24) is 0 Å². The van der Waals surface area contributed by atoms with Gasteiger partial charge in [-0.15, -0.1) is 0 Å². The summed E-state index contributed by atoms with van der Waals surface area (Å²) in [5.41, 5.74) is 6.15. The van der Waals surface area contributed by atoms with E-state index in [0.29, 0.717) is 5.56 Å². The number of phenols is 1. The van der Waals surface area contributed by atoms with Gasteiger partial charge in [-0.3, -0.25) is 0 Å². The zero-order valence-electron chi connectivity index (χ0n) is 9.85. The largest absolute Gasteiger partial charge is 0.508 e. The van der Waals surface area contributed by atoms with Crippen molar-refractivity contribution in [1.29, 1.82) is 0 Å². The maximum Gasteiger partial charge on any atom is 0.407 e. The van der Waals surface area contributed by atoms with Crippen LogP contribution in [0.2, 0.25) is 0 Å². The highest BCUT2D eigenvalue weighted by Crippen LogP contribution is 2.37. The number of rotatable bonds is 2. The normalized spacial score (nSPS) is 13.3. The molecular formula is C14H12F3NO. The van der Waals surface area contributed by atoms with E-state index in [-0.39, 0.29) is 5.56 Å². The van der Waals surface area contributed by atoms with Crippen molar-refractivity contribution in [2.75, 3.05) is 0 Å². The van der Waals surface area contributed by atoms with E-state index in [4.69, 9.17) is 5.73 Å². The number of nitrogens with two attached hydrogens (primary N) is 1. The Bertz CT molecular complexity index is 567. The van der Waals surface area contributed by atoms with E-state index >= 15 is 0 Å². The van der Waals surface area contributed by atoms with Gasteiger partial charge in [0.2, 0.25) is 0 Å². The van der Waals surface area contributed by atoms with E-state index in [1.807, 2.05) is 6.07 Å². The van der Waals surface area contributed by atoms with Crippen LogP contribution >= 0.6 is 0 Å². The van der Waals surface area contributed by atoms with Gasteiger partial charge in [-0.1, -0.05) is 36.4 Å². The predicted octanol–water partition coefficient (Wildman–Crippen LogP) is 3.62. The van der Waals surface area contributed by atoms with Crippen LogP contribution in [-0.2, 0) is 0 Å². The minimum absolute atomic E-state index is 0.325. The highest BCUT2D eigenvalue weighted by atomic mass is 19.4. The predicted molar refractivity (Wildman–Crippen MR) is 66.5 cm³/mol. The molecule has 5 heteroatoms. The average Bonchev–Trinajstić information content (AvgIpc) is 2.38. The fourth-order valence-corrected chi connectivity index (χ4v) is 1.79. The second-order valence-electron chi connectivity index (χ2n) is 4.16. The maximum atomic E-state index is 12.6. The molecule has 2 aromatic carbocycles. The molecule has 19 heavy (non-hydrogen) atoms. The third-order valence-electron chi connectivity index (χ3n) is 2.82. The zero-order valence-corrected chi connectivity index (χ0v) is 9.85. The second kappa shape index (κ2) is 4.93. The standard InChI is InChI=1S/C14H12F3NO/c15-14(16,17)13(18)11-8-10(6-7-12(11)19)9-4-2-1-3-5-9/h1-8,13,19H,18H2/t13-/m1/s1. The molecule has 0 aliphatic heterocycles. The molecule has 0 saturated carbocycles. The maximum absolute atomic E-state index is 12.6. The average molecular weight is 267 g/mol. The molecule has 0 aliphatic carbocycles. The van der Waals surface area contributed by atoms with Crippen LogP contribution in [0.5, 0.6) is 5.75 Å². The fourth-order valence-electron chi connectivity index (χ4n) is 1.79. The van der Waals surface area contributed by atoms with Gasteiger partial charge in [0.1, 0.15) is 11.8 Å². The number of aromatic hydroxyl groups is 1. The summed E-state index contributed by atoms with van der Waals surface area (Å²) in [6, 6.07) is 10.8. The van der Waals surface area contributed by atoms with Gasteiger partial charge in [0.05, 0.1) is 0 Å². The Morgan fingerprint density at radius 2 is 1.58 bits per heavy atom. The summed E-state index contributed by atoms with van der Waals surface area (Å²) in [4.78, 5) is 0. The molecule has 0 bridgehead atoms. The molecule has 0 amide bonds. The molecule has 0 heterocycles. The van der Waals surface area contributed by atoms with Crippen LogP contribution in [0.25, 0.3) is 11.1 Å². The van der Waals surface area contributed by atoms with E-state index in [0.717, 1.165) is 5.56 Å². The van der Waals surface area contributed by atoms with Crippen LogP contribution < -0.4 is 5.73 Å². The molecule has 0 fully saturated rings. The van der Waals surface area contributed by atoms with Crippen molar-refractivity contribution in [2.45, 2.75) is 12.2 Å². The summed E-state index contributed by atoms with van der Waals surface area (Å²) in [7, 11) is 0. The minimum Gasteiger partial charge on any atom is -0.508 e. The topological polar surface area (TPSA) is 46.2 Å². The summed E-state index contributed by atoms with van der Waals surface area (Å²) in [6.07, 6.45) is -4.59. The molecule has 0 radical (unpaired) electrons. The van der Waals surface area contributed by atoms with Crippen LogP contribution in [0.4, 0.5) is 13.2 Å². The first-order chi connectivity index (χ1) is 8.89. The molecule has 1 atom stereocenters. The van der Waals surface area contributed by atoms with Gasteiger partial charge >= 0.3 is 6.18 Å². The van der Waals surface area contributed by atoms with E-state index in [2.05, 4.69) is 0 Å². The van der Waals surface area contributed by atoms with Crippen molar-refractivity contribution in [3.05, 3.63) is 54.1 Å². The molecule has 0 unspecified atom stereocenters. The van der Waals surface area contributed by atoms with Crippen molar-refractivity contribution < 1.29 is 18.3 Å². The Labute approximate surface area is 108 Å². The number of phenolic OH excluding ortho intramolecular Hbond substituents is 1. The molecule has 0 saturated heterocycles. The van der Waals surface area contributed by atoms with Gasteiger partial charge in [-0.2, -0.15) is 13.2 Å². The number of hydrogen-bond donors (Lipinski definition) is 2. The summed E-state index contributed by atoms with van der Waals surface area (Å²) < 4.78 is 37.8. The molecule has 0 aliphatic rings. The summed E-state index contributed by atoms with van der Waals surface area (Å²) in [5, 5.41) is 9.54. The van der Waals surface area contributed by atoms with Gasteiger partial charge in [0.25, 0.3) is 0 Å². The van der Waals surface area contributed by atoms with Crippen molar-refractivity contribution >= 4 is 0 Å². The van der Waals surface area contributed by atoms with Gasteiger partial charge in [0.15, 0.2) is 0 Å². The highest BCUT2D eigenvalue weighted by Gasteiger charge is 2.39. The number of hydrogen-bond acceptors (Lipinski definition) is 2. The SMILES string of the molecule is N[C@H](c1cc(-c2ccccc2)ccc1O)C(F)(F)F. The Morgan fingerprint density at radius 1 is 0.947 bits per heavy atom. The molecule has 2 rings (SSSR count). The smallest absolute Gasteiger partial charge is 0.407 e. The van der Waals surface area contributed by atoms with Crippen LogP contribution in [0.15, 0.2) is 48.5 Å². The molecular weight excluding hydrogens is 255 g/mol. The number of benzene rings is 2. The molecule has 3 N–H and O–H groups in total. The van der Waals surface area contributed by atoms with Crippen LogP contribution in [0, 0.1) is 0 Å². The van der Waals surface area contributed by atoms with Crippen LogP contribution in [0.1, 0.15) is 11.6 Å². The third-order valence-corrected chi connectivity index (χ3v) is 2.82. The Hall–Kier alpha value is -2.01. The lowest BCUT2D eigenvalue weighted by atomic mass is 9.98. The number of halogens is 3. The first kappa shape index (κ1) is 13.4. The van der Waals surface area contributed by atoms with Crippen LogP contribution in [-0.4, -0.2) is 11.3 Å². The molecule has 2 nitrogen and oxygen atoms in total. The van der Waals surface area contributed by atoms with Crippen molar-refractivity contribution in [2.24, 2.45) is 5.73 Å². The quantitative estimate of drug-likeness (QED) is 0.872. The first-order valence-corrected chi connectivity index (χ1v) is 5.60. The van der Waals surface area contributed by atoms with Crippen molar-refractivity contribution in [3.63, 3.8) is 0 Å². The molecule has 0 spiro atoms. The molecule has 100 valence electrons. The van der Waals surface area contributed by atoms with Crippen molar-refractivity contribution in [3.8, 4) is 16.9 Å². The lowest BCUT2D eigenvalue weighted by molar-refractivity contribution is -0.149. The van der Waals surface area contributed by atoms with E-state index in [1.54, 1.807) is 30.3 Å². The Balaban J connectivity index is 2.47. The van der Waals surface area contributed by atoms with E-state index in [1.165, 1.54) is 12.1 Å². The van der Waals surface area contributed by atoms with Gasteiger partial charge in [0, 0.05) is 5.56 Å². The first-order valence-electron chi connectivity index (χ1n) is 5.60. The van der Waals surface area contributed by atoms with Gasteiger partial charge < -0.3 is 10.8 Å². The van der Waals surface area contributed by atoms with Crippen LogP contribution in [0.3, 0.4) is 0 Å². The molecule has 0 aromatic heterocycles. The zero-order chi connectivity index (χ0) is 14.0. The highest BCUT2D eigenvalue weighted by molar-refractivity contribution is 5.65. The van der Waals surface area contributed by atoms with Gasteiger partial charge in [-0.05, 0) is 23.3 Å². The van der Waals surface area contributed by atoms with E-state index < -0.39 is 18.0 Å². The summed E-state index contributed by atoms with van der Waals surface area (Å²) >= 11 is 0. The van der Waals surface area contributed by atoms with E-state index in [9.17, 15) is 18.3 Å². The minimum atomic E-state index is -4.59. The summed E-state index contributed by atoms with van der Waals surface area (Å²) in [5.74, 6) is -0.454. The number of alkyl halides is 3. The fraction of sp³-hybridized carbons (Fsp3) is 0.143. The Morgan fingerprint density at radius 3 is 2.16 bits per heavy atom. The lowest BCUT2D eigenvalue weighted by Gasteiger charge is -2.18. The second-order valence-corrected chi connectivity index (χ2v) is 4.16.